The first-order valence-corrected chi connectivity index (χ1v) is 8.70. The summed E-state index contributed by atoms with van der Waals surface area (Å²) in [6.45, 7) is 5.80. The van der Waals surface area contributed by atoms with Gasteiger partial charge in [-0.25, -0.2) is 4.98 Å². The molecule has 0 unspecified atom stereocenters. The van der Waals surface area contributed by atoms with Gasteiger partial charge in [0.2, 0.25) is 17.7 Å². The minimum Gasteiger partial charge on any atom is -0.425 e. The predicted molar refractivity (Wildman–Crippen MR) is 86.2 cm³/mol. The average molecular weight is 329 g/mol. The maximum absolute atomic E-state index is 12.7. The summed E-state index contributed by atoms with van der Waals surface area (Å²) in [7, 11) is 0. The van der Waals surface area contributed by atoms with Crippen LogP contribution in [-0.2, 0) is 23.2 Å². The number of imidazole rings is 1. The second kappa shape index (κ2) is 5.72. The molecular formula is C17H23N5O2. The van der Waals surface area contributed by atoms with Crippen molar-refractivity contribution in [3.8, 4) is 0 Å². The van der Waals surface area contributed by atoms with E-state index >= 15 is 0 Å². The van der Waals surface area contributed by atoms with Crippen molar-refractivity contribution in [2.45, 2.75) is 51.5 Å². The van der Waals surface area contributed by atoms with Crippen molar-refractivity contribution in [1.29, 1.82) is 0 Å². The van der Waals surface area contributed by atoms with Gasteiger partial charge in [-0.2, -0.15) is 0 Å². The normalized spacial score (nSPS) is 26.1. The Labute approximate surface area is 141 Å². The highest BCUT2D eigenvalue weighted by Gasteiger charge is 2.55. The summed E-state index contributed by atoms with van der Waals surface area (Å²) in [4.78, 5) is 18.8. The van der Waals surface area contributed by atoms with Crippen LogP contribution in [-0.4, -0.2) is 43.6 Å². The molecular weight excluding hydrogens is 306 g/mol. The molecule has 2 fully saturated rings. The molecule has 0 N–H and O–H groups in total. The van der Waals surface area contributed by atoms with Gasteiger partial charge in [0.15, 0.2) is 0 Å². The number of amides is 1. The standard InChI is InChI=1S/C17H23N5O2/c1-3-14-19-20-16(24-14)17-6-4-5-13(17)8-21(10-17)15(23)9-22-11-18-7-12(22)2/h7,11,13H,3-6,8-10H2,1-2H3/t13-,17-/m0/s1. The SMILES string of the molecule is CCc1nnc([C@]23CCC[C@H]2CN(C(=O)Cn2cncc2C)C3)o1. The van der Waals surface area contributed by atoms with E-state index in [2.05, 4.69) is 15.2 Å². The highest BCUT2D eigenvalue weighted by atomic mass is 16.4. The Morgan fingerprint density at radius 2 is 2.33 bits per heavy atom. The second-order valence-electron chi connectivity index (χ2n) is 7.04. The van der Waals surface area contributed by atoms with Gasteiger partial charge >= 0.3 is 0 Å². The molecule has 1 amide bonds. The number of hydrogen-bond acceptors (Lipinski definition) is 5. The zero-order valence-electron chi connectivity index (χ0n) is 14.2. The fourth-order valence-electron chi connectivity index (χ4n) is 4.22. The third-order valence-electron chi connectivity index (χ3n) is 5.64. The van der Waals surface area contributed by atoms with Crippen LogP contribution < -0.4 is 0 Å². The summed E-state index contributed by atoms with van der Waals surface area (Å²) < 4.78 is 7.79. The number of hydrogen-bond donors (Lipinski definition) is 0. The van der Waals surface area contributed by atoms with Gasteiger partial charge in [-0.05, 0) is 25.7 Å². The molecule has 2 aromatic rings. The molecule has 2 atom stereocenters. The molecule has 0 bridgehead atoms. The maximum atomic E-state index is 12.7. The van der Waals surface area contributed by atoms with Crippen LogP contribution in [0.3, 0.4) is 0 Å². The average Bonchev–Trinajstić information content (AvgIpc) is 3.29. The van der Waals surface area contributed by atoms with E-state index in [1.807, 2.05) is 23.3 Å². The van der Waals surface area contributed by atoms with E-state index in [0.29, 0.717) is 24.9 Å². The van der Waals surface area contributed by atoms with Crippen molar-refractivity contribution in [3.05, 3.63) is 30.0 Å². The Kier molecular flexibility index (Phi) is 3.66. The summed E-state index contributed by atoms with van der Waals surface area (Å²) in [6, 6.07) is 0. The predicted octanol–water partition coefficient (Wildman–Crippen LogP) is 1.72. The molecule has 7 nitrogen and oxygen atoms in total. The maximum Gasteiger partial charge on any atom is 0.242 e. The van der Waals surface area contributed by atoms with Gasteiger partial charge in [0.1, 0.15) is 6.54 Å². The lowest BCUT2D eigenvalue weighted by molar-refractivity contribution is -0.131. The zero-order chi connectivity index (χ0) is 16.7. The molecule has 2 aromatic heterocycles. The van der Waals surface area contributed by atoms with Crippen LogP contribution in [0.15, 0.2) is 16.9 Å². The number of aromatic nitrogens is 4. The lowest BCUT2D eigenvalue weighted by atomic mass is 9.80. The van der Waals surface area contributed by atoms with Gasteiger partial charge in [0.05, 0.1) is 11.7 Å². The minimum absolute atomic E-state index is 0.139. The van der Waals surface area contributed by atoms with Crippen molar-refractivity contribution in [1.82, 2.24) is 24.6 Å². The van der Waals surface area contributed by atoms with Crippen LogP contribution >= 0.6 is 0 Å². The molecule has 1 saturated carbocycles. The second-order valence-corrected chi connectivity index (χ2v) is 7.04. The first kappa shape index (κ1) is 15.4. The topological polar surface area (TPSA) is 77.1 Å². The molecule has 1 aliphatic carbocycles. The number of aryl methyl sites for hydroxylation is 2. The monoisotopic (exact) mass is 329 g/mol. The number of nitrogens with zero attached hydrogens (tertiary/aromatic N) is 5. The summed E-state index contributed by atoms with van der Waals surface area (Å²) in [5.74, 6) is 1.98. The molecule has 4 rings (SSSR count). The Morgan fingerprint density at radius 3 is 3.04 bits per heavy atom. The van der Waals surface area contributed by atoms with Gasteiger partial charge in [-0.1, -0.05) is 13.3 Å². The van der Waals surface area contributed by atoms with E-state index in [4.69, 9.17) is 4.42 Å². The lowest BCUT2D eigenvalue weighted by Gasteiger charge is -2.24. The number of carbonyl (C=O) groups is 1. The largest absolute Gasteiger partial charge is 0.425 e. The van der Waals surface area contributed by atoms with E-state index in [-0.39, 0.29) is 11.3 Å². The third kappa shape index (κ3) is 2.34. The van der Waals surface area contributed by atoms with Gasteiger partial charge in [-0.3, -0.25) is 4.79 Å². The Morgan fingerprint density at radius 1 is 1.46 bits per heavy atom. The van der Waals surface area contributed by atoms with Crippen LogP contribution in [0.25, 0.3) is 0 Å². The third-order valence-corrected chi connectivity index (χ3v) is 5.64. The molecule has 0 aromatic carbocycles. The molecule has 24 heavy (non-hydrogen) atoms. The number of fused-ring (bicyclic) bond motifs is 1. The van der Waals surface area contributed by atoms with Gasteiger partial charge < -0.3 is 13.9 Å². The first-order valence-electron chi connectivity index (χ1n) is 8.70. The summed E-state index contributed by atoms with van der Waals surface area (Å²) in [6.07, 6.45) is 7.55. The molecule has 128 valence electrons. The quantitative estimate of drug-likeness (QED) is 0.853. The van der Waals surface area contributed by atoms with Crippen molar-refractivity contribution < 1.29 is 9.21 Å². The van der Waals surface area contributed by atoms with Crippen LogP contribution in [0.4, 0.5) is 0 Å². The van der Waals surface area contributed by atoms with Crippen LogP contribution in [0.1, 0.15) is 43.7 Å². The van der Waals surface area contributed by atoms with Crippen LogP contribution in [0, 0.1) is 12.8 Å². The molecule has 7 heteroatoms. The fraction of sp³-hybridized carbons (Fsp3) is 0.647. The fourth-order valence-corrected chi connectivity index (χ4v) is 4.22. The molecule has 0 radical (unpaired) electrons. The summed E-state index contributed by atoms with van der Waals surface area (Å²) in [5.41, 5.74) is 0.863. The molecule has 2 aliphatic rings. The minimum atomic E-state index is -0.139. The number of likely N-dealkylation sites (tertiary alicyclic amines) is 1. The van der Waals surface area contributed by atoms with Crippen LogP contribution in [0.5, 0.6) is 0 Å². The van der Waals surface area contributed by atoms with Crippen molar-refractivity contribution in [2.75, 3.05) is 13.1 Å². The highest BCUT2D eigenvalue weighted by molar-refractivity contribution is 5.76. The van der Waals surface area contributed by atoms with Gasteiger partial charge in [-0.15, -0.1) is 10.2 Å². The molecule has 1 aliphatic heterocycles. The lowest BCUT2D eigenvalue weighted by Crippen LogP contribution is -2.36. The van der Waals surface area contributed by atoms with E-state index in [9.17, 15) is 4.79 Å². The highest BCUT2D eigenvalue weighted by Crippen LogP contribution is 2.50. The Balaban J connectivity index is 1.54. The van der Waals surface area contributed by atoms with Gasteiger partial charge in [0.25, 0.3) is 0 Å². The summed E-state index contributed by atoms with van der Waals surface area (Å²) in [5, 5.41) is 8.46. The van der Waals surface area contributed by atoms with E-state index in [1.54, 1.807) is 12.5 Å². The number of rotatable bonds is 4. The Hall–Kier alpha value is -2.18. The van der Waals surface area contributed by atoms with Crippen molar-refractivity contribution in [2.24, 2.45) is 5.92 Å². The van der Waals surface area contributed by atoms with Crippen molar-refractivity contribution in [3.63, 3.8) is 0 Å². The van der Waals surface area contributed by atoms with E-state index < -0.39 is 0 Å². The Bertz CT molecular complexity index is 752. The molecule has 3 heterocycles. The molecule has 0 spiro atoms. The summed E-state index contributed by atoms with van der Waals surface area (Å²) >= 11 is 0. The van der Waals surface area contributed by atoms with E-state index in [0.717, 1.165) is 43.8 Å². The van der Waals surface area contributed by atoms with E-state index in [1.165, 1.54) is 0 Å². The van der Waals surface area contributed by atoms with Crippen molar-refractivity contribution >= 4 is 5.91 Å². The smallest absolute Gasteiger partial charge is 0.242 e. The first-order chi connectivity index (χ1) is 11.6. The van der Waals surface area contributed by atoms with Gasteiger partial charge in [0, 0.05) is 31.4 Å². The molecule has 1 saturated heterocycles. The number of carbonyl (C=O) groups excluding carboxylic acids is 1. The zero-order valence-corrected chi connectivity index (χ0v) is 14.2. The van der Waals surface area contributed by atoms with Crippen LogP contribution in [0.2, 0.25) is 0 Å².